The molecule has 106 valence electrons. The minimum absolute atomic E-state index is 0.0329. The van der Waals surface area contributed by atoms with Crippen LogP contribution in [-0.4, -0.2) is 34.6 Å². The molecule has 1 aromatic heterocycles. The van der Waals surface area contributed by atoms with Crippen molar-refractivity contribution in [2.45, 2.75) is 32.9 Å². The summed E-state index contributed by atoms with van der Waals surface area (Å²) in [4.78, 5) is 25.1. The molecule has 1 rings (SSSR count). The van der Waals surface area contributed by atoms with Gasteiger partial charge in [-0.3, -0.25) is 4.79 Å². The number of nitrogens with zero attached hydrogens (tertiary/aromatic N) is 1. The zero-order chi connectivity index (χ0) is 14.4. The Labute approximate surface area is 124 Å². The quantitative estimate of drug-likeness (QED) is 0.830. The Kier molecular flexibility index (Phi) is 6.30. The molecule has 0 radical (unpaired) electrons. The summed E-state index contributed by atoms with van der Waals surface area (Å²) < 4.78 is 1.02. The normalized spacial score (nSPS) is 10.5. The van der Waals surface area contributed by atoms with E-state index in [1.54, 1.807) is 11.3 Å². The van der Waals surface area contributed by atoms with Crippen LogP contribution < -0.4 is 5.32 Å². The van der Waals surface area contributed by atoms with Crippen LogP contribution in [0.1, 0.15) is 25.1 Å². The minimum Gasteiger partial charge on any atom is -0.481 e. The molecule has 0 saturated carbocycles. The number of hydrogen-bond acceptors (Lipinski definition) is 3. The second-order valence-corrected chi connectivity index (χ2v) is 6.84. The summed E-state index contributed by atoms with van der Waals surface area (Å²) >= 11 is 4.92. The van der Waals surface area contributed by atoms with Gasteiger partial charge in [0.15, 0.2) is 0 Å². The maximum atomic E-state index is 12.0. The molecular weight excluding hydrogens is 332 g/mol. The number of carbonyl (C=O) groups is 2. The van der Waals surface area contributed by atoms with Gasteiger partial charge in [0, 0.05) is 17.5 Å². The largest absolute Gasteiger partial charge is 0.481 e. The van der Waals surface area contributed by atoms with Crippen molar-refractivity contribution in [3.63, 3.8) is 0 Å². The van der Waals surface area contributed by atoms with Gasteiger partial charge in [0.05, 0.1) is 16.8 Å². The van der Waals surface area contributed by atoms with Crippen LogP contribution >= 0.6 is 27.3 Å². The molecule has 0 aromatic carbocycles. The molecule has 0 unspecified atom stereocenters. The predicted molar refractivity (Wildman–Crippen MR) is 78.3 cm³/mol. The number of urea groups is 1. The third kappa shape index (κ3) is 5.61. The summed E-state index contributed by atoms with van der Waals surface area (Å²) in [7, 11) is 0. The molecular formula is C12H17BrN2O3S. The van der Waals surface area contributed by atoms with E-state index < -0.39 is 5.97 Å². The van der Waals surface area contributed by atoms with E-state index >= 15 is 0 Å². The number of amides is 2. The molecule has 0 aliphatic heterocycles. The van der Waals surface area contributed by atoms with Gasteiger partial charge >= 0.3 is 12.0 Å². The van der Waals surface area contributed by atoms with E-state index in [1.165, 1.54) is 4.90 Å². The molecule has 5 nitrogen and oxygen atoms in total. The molecule has 0 aliphatic rings. The smallest absolute Gasteiger partial charge is 0.317 e. The zero-order valence-electron chi connectivity index (χ0n) is 10.9. The topological polar surface area (TPSA) is 69.6 Å². The lowest BCUT2D eigenvalue weighted by atomic mass is 10.3. The molecule has 2 N–H and O–H groups in total. The highest BCUT2D eigenvalue weighted by molar-refractivity contribution is 9.11. The fourth-order valence-electron chi connectivity index (χ4n) is 1.52. The van der Waals surface area contributed by atoms with Crippen molar-refractivity contribution in [3.05, 3.63) is 20.8 Å². The molecule has 0 atom stereocenters. The van der Waals surface area contributed by atoms with Crippen LogP contribution in [0.25, 0.3) is 0 Å². The number of halogens is 1. The van der Waals surface area contributed by atoms with Crippen LogP contribution in [0, 0.1) is 0 Å². The van der Waals surface area contributed by atoms with Crippen molar-refractivity contribution in [1.82, 2.24) is 10.2 Å². The van der Waals surface area contributed by atoms with Crippen molar-refractivity contribution in [1.29, 1.82) is 0 Å². The van der Waals surface area contributed by atoms with Gasteiger partial charge in [0.2, 0.25) is 0 Å². The van der Waals surface area contributed by atoms with Gasteiger partial charge in [0.25, 0.3) is 0 Å². The lowest BCUT2D eigenvalue weighted by Crippen LogP contribution is -2.44. The lowest BCUT2D eigenvalue weighted by molar-refractivity contribution is -0.137. The Hall–Kier alpha value is -1.08. The zero-order valence-corrected chi connectivity index (χ0v) is 13.3. The van der Waals surface area contributed by atoms with Crippen molar-refractivity contribution in [3.8, 4) is 0 Å². The molecule has 1 heterocycles. The first-order valence-corrected chi connectivity index (χ1v) is 7.51. The predicted octanol–water partition coefficient (Wildman–Crippen LogP) is 2.91. The molecule has 0 bridgehead atoms. The van der Waals surface area contributed by atoms with E-state index in [0.717, 1.165) is 8.66 Å². The number of aliphatic carboxylic acids is 1. The Bertz CT molecular complexity index is 448. The van der Waals surface area contributed by atoms with Crippen LogP contribution in [0.4, 0.5) is 4.79 Å². The first kappa shape index (κ1) is 16.0. The average molecular weight is 349 g/mol. The maximum Gasteiger partial charge on any atom is 0.317 e. The standard InChI is InChI=1S/C12H17BrN2O3S/c1-8(2)15(6-5-11(16)17)12(18)14-7-9-3-4-10(13)19-9/h3-4,8H,5-7H2,1-2H3,(H,14,18)(H,16,17). The first-order chi connectivity index (χ1) is 8.90. The molecule has 0 spiro atoms. The Morgan fingerprint density at radius 2 is 2.16 bits per heavy atom. The average Bonchev–Trinajstić information content (AvgIpc) is 2.72. The van der Waals surface area contributed by atoms with Crippen molar-refractivity contribution < 1.29 is 14.7 Å². The number of hydrogen-bond donors (Lipinski definition) is 2. The summed E-state index contributed by atoms with van der Waals surface area (Å²) in [5.41, 5.74) is 0. The number of rotatable bonds is 6. The van der Waals surface area contributed by atoms with Gasteiger partial charge in [-0.15, -0.1) is 11.3 Å². The monoisotopic (exact) mass is 348 g/mol. The molecule has 1 aromatic rings. The fourth-order valence-corrected chi connectivity index (χ4v) is 2.94. The molecule has 7 heteroatoms. The van der Waals surface area contributed by atoms with Crippen LogP contribution in [-0.2, 0) is 11.3 Å². The fraction of sp³-hybridized carbons (Fsp3) is 0.500. The van der Waals surface area contributed by atoms with E-state index in [1.807, 2.05) is 26.0 Å². The van der Waals surface area contributed by atoms with Crippen LogP contribution in [0.15, 0.2) is 15.9 Å². The van der Waals surface area contributed by atoms with Gasteiger partial charge in [-0.1, -0.05) is 0 Å². The molecule has 0 aliphatic carbocycles. The Morgan fingerprint density at radius 3 is 2.63 bits per heavy atom. The van der Waals surface area contributed by atoms with E-state index in [2.05, 4.69) is 21.2 Å². The highest BCUT2D eigenvalue weighted by Gasteiger charge is 2.17. The number of nitrogens with one attached hydrogen (secondary N) is 1. The number of thiophene rings is 1. The SMILES string of the molecule is CC(C)N(CCC(=O)O)C(=O)NCc1ccc(Br)s1. The van der Waals surface area contributed by atoms with Gasteiger partial charge in [-0.25, -0.2) is 4.79 Å². The third-order valence-electron chi connectivity index (χ3n) is 2.49. The number of carboxylic acids is 1. The molecule has 0 fully saturated rings. The van der Waals surface area contributed by atoms with Gasteiger partial charge in [-0.05, 0) is 41.9 Å². The van der Waals surface area contributed by atoms with Crippen molar-refractivity contribution in [2.24, 2.45) is 0 Å². The van der Waals surface area contributed by atoms with Crippen molar-refractivity contribution in [2.75, 3.05) is 6.54 Å². The molecule has 19 heavy (non-hydrogen) atoms. The van der Waals surface area contributed by atoms with Gasteiger partial charge in [0.1, 0.15) is 0 Å². The molecule has 0 saturated heterocycles. The van der Waals surface area contributed by atoms with E-state index in [4.69, 9.17) is 5.11 Å². The van der Waals surface area contributed by atoms with Crippen LogP contribution in [0.2, 0.25) is 0 Å². The first-order valence-electron chi connectivity index (χ1n) is 5.90. The highest BCUT2D eigenvalue weighted by atomic mass is 79.9. The van der Waals surface area contributed by atoms with Crippen LogP contribution in [0.5, 0.6) is 0 Å². The minimum atomic E-state index is -0.902. The van der Waals surface area contributed by atoms with Gasteiger partial charge in [-0.2, -0.15) is 0 Å². The van der Waals surface area contributed by atoms with Gasteiger partial charge < -0.3 is 15.3 Å². The summed E-state index contributed by atoms with van der Waals surface area (Å²) in [6.45, 7) is 4.39. The second-order valence-electron chi connectivity index (χ2n) is 4.30. The summed E-state index contributed by atoms with van der Waals surface area (Å²) in [5.74, 6) is -0.902. The Morgan fingerprint density at radius 1 is 1.47 bits per heavy atom. The second kappa shape index (κ2) is 7.49. The maximum absolute atomic E-state index is 12.0. The number of carboxylic acid groups (broad SMARTS) is 1. The highest BCUT2D eigenvalue weighted by Crippen LogP contribution is 2.21. The van der Waals surface area contributed by atoms with E-state index in [-0.39, 0.29) is 25.0 Å². The molecule has 2 amide bonds. The Balaban J connectivity index is 2.49. The number of carbonyl (C=O) groups excluding carboxylic acids is 1. The van der Waals surface area contributed by atoms with E-state index in [9.17, 15) is 9.59 Å². The summed E-state index contributed by atoms with van der Waals surface area (Å²) in [5, 5.41) is 11.5. The third-order valence-corrected chi connectivity index (χ3v) is 4.12. The summed E-state index contributed by atoms with van der Waals surface area (Å²) in [6, 6.07) is 3.60. The van der Waals surface area contributed by atoms with Crippen LogP contribution in [0.3, 0.4) is 0 Å². The van der Waals surface area contributed by atoms with Crippen molar-refractivity contribution >= 4 is 39.3 Å². The summed E-state index contributed by atoms with van der Waals surface area (Å²) in [6.07, 6.45) is -0.0455. The van der Waals surface area contributed by atoms with E-state index in [0.29, 0.717) is 6.54 Å². The lowest BCUT2D eigenvalue weighted by Gasteiger charge is -2.26.